The molecule has 1 aromatic rings. The molecule has 3 amide bonds. The summed E-state index contributed by atoms with van der Waals surface area (Å²) < 4.78 is 21.6. The van der Waals surface area contributed by atoms with Gasteiger partial charge in [0.2, 0.25) is 17.7 Å². The number of amides is 3. The van der Waals surface area contributed by atoms with Crippen LogP contribution in [0.3, 0.4) is 0 Å². The number of H-pyrrole nitrogens is 1. The summed E-state index contributed by atoms with van der Waals surface area (Å²) in [7, 11) is 0. The van der Waals surface area contributed by atoms with Gasteiger partial charge in [0.05, 0.1) is 58.0 Å². The molecule has 0 spiro atoms. The average molecular weight is 1080 g/mol. The number of hydrogen-bond acceptors (Lipinski definition) is 16. The number of ether oxygens (including phenoxy) is 4. The first kappa shape index (κ1) is 68.8. The van der Waals surface area contributed by atoms with Gasteiger partial charge in [-0.15, -0.1) is 0 Å². The van der Waals surface area contributed by atoms with E-state index in [4.69, 9.17) is 34.9 Å². The van der Waals surface area contributed by atoms with E-state index < -0.39 is 36.0 Å². The van der Waals surface area contributed by atoms with Crippen LogP contribution in [-0.2, 0) is 68.5 Å². The zero-order valence-electron chi connectivity index (χ0n) is 44.9. The third-order valence-electron chi connectivity index (χ3n) is 12.3. The van der Waals surface area contributed by atoms with Crippen LogP contribution in [0, 0.1) is 0 Å². The number of carboxylic acid groups (broad SMARTS) is 3. The van der Waals surface area contributed by atoms with Gasteiger partial charge in [-0.2, -0.15) is 0 Å². The van der Waals surface area contributed by atoms with Crippen LogP contribution in [0.2, 0.25) is 0 Å². The molecular formula is C53H91N7O16. The lowest BCUT2D eigenvalue weighted by molar-refractivity contribution is -0.142. The summed E-state index contributed by atoms with van der Waals surface area (Å²) in [6.45, 7) is 1.31. The van der Waals surface area contributed by atoms with E-state index >= 15 is 0 Å². The molecule has 0 unspecified atom stereocenters. The lowest BCUT2D eigenvalue weighted by atomic mass is 10.00. The fourth-order valence-electron chi connectivity index (χ4n) is 7.91. The summed E-state index contributed by atoms with van der Waals surface area (Å²) >= 11 is 0. The van der Waals surface area contributed by atoms with Gasteiger partial charge in [-0.05, 0) is 51.4 Å². The van der Waals surface area contributed by atoms with Gasteiger partial charge in [-0.1, -0.05) is 77.0 Å². The summed E-state index contributed by atoms with van der Waals surface area (Å²) in [4.78, 5) is 114. The zero-order chi connectivity index (χ0) is 55.9. The molecule has 0 aliphatic rings. The lowest BCUT2D eigenvalue weighted by Crippen LogP contribution is -2.45. The van der Waals surface area contributed by atoms with E-state index in [2.05, 4.69) is 31.2 Å². The maximum absolute atomic E-state index is 12.8. The van der Waals surface area contributed by atoms with Crippen molar-refractivity contribution in [3.05, 3.63) is 18.2 Å². The summed E-state index contributed by atoms with van der Waals surface area (Å²) in [6, 6.07) is -2.58. The van der Waals surface area contributed by atoms with Crippen molar-refractivity contribution in [1.29, 1.82) is 0 Å². The van der Waals surface area contributed by atoms with Crippen LogP contribution in [0.1, 0.15) is 173 Å². The highest BCUT2D eigenvalue weighted by Gasteiger charge is 2.23. The molecule has 0 aromatic carbocycles. The number of imidazole rings is 1. The zero-order valence-corrected chi connectivity index (χ0v) is 44.9. The Morgan fingerprint density at radius 3 is 1.62 bits per heavy atom. The Morgan fingerprint density at radius 1 is 0.513 bits per heavy atom. The molecule has 10 N–H and O–H groups in total. The highest BCUT2D eigenvalue weighted by atomic mass is 16.5. The lowest BCUT2D eigenvalue weighted by Gasteiger charge is -2.19. The molecule has 0 bridgehead atoms. The van der Waals surface area contributed by atoms with Crippen molar-refractivity contribution in [2.24, 2.45) is 5.73 Å². The Balaban J connectivity index is 2.00. The Bertz CT molecular complexity index is 1770. The van der Waals surface area contributed by atoms with Crippen LogP contribution < -0.4 is 27.0 Å². The number of carbonyl (C=O) groups is 9. The van der Waals surface area contributed by atoms with Crippen LogP contribution in [0.25, 0.3) is 0 Å². The van der Waals surface area contributed by atoms with Gasteiger partial charge in [0, 0.05) is 76.5 Å². The summed E-state index contributed by atoms with van der Waals surface area (Å²) in [5.74, 6) is -4.47. The number of nitrogens with zero attached hydrogens (tertiary/aromatic N) is 1. The summed E-state index contributed by atoms with van der Waals surface area (Å²) in [5.41, 5.74) is 6.73. The van der Waals surface area contributed by atoms with E-state index in [0.29, 0.717) is 44.3 Å². The Morgan fingerprint density at radius 2 is 1.05 bits per heavy atom. The van der Waals surface area contributed by atoms with Crippen LogP contribution in [0.5, 0.6) is 0 Å². The molecule has 23 heteroatoms. The quantitative estimate of drug-likeness (QED) is 0.0414. The van der Waals surface area contributed by atoms with Crippen LogP contribution >= 0.6 is 0 Å². The van der Waals surface area contributed by atoms with E-state index in [9.17, 15) is 48.3 Å². The second kappa shape index (κ2) is 47.0. The van der Waals surface area contributed by atoms with Gasteiger partial charge in [0.15, 0.2) is 5.78 Å². The Hall–Kier alpha value is -5.20. The van der Waals surface area contributed by atoms with Crippen molar-refractivity contribution in [1.82, 2.24) is 31.2 Å². The molecule has 3 atom stereocenters. The minimum atomic E-state index is -1.17. The smallest absolute Gasteiger partial charge is 0.326 e. The number of nitrogens with two attached hydrogens (primary N) is 1. The van der Waals surface area contributed by atoms with Gasteiger partial charge in [0.25, 0.3) is 0 Å². The molecule has 0 radical (unpaired) electrons. The van der Waals surface area contributed by atoms with Crippen LogP contribution in [0.15, 0.2) is 12.5 Å². The number of aliphatic carboxylic acids is 3. The molecule has 434 valence electrons. The number of aromatic nitrogens is 2. The first-order valence-electron chi connectivity index (χ1n) is 27.5. The molecule has 0 fully saturated rings. The van der Waals surface area contributed by atoms with Gasteiger partial charge in [0.1, 0.15) is 30.8 Å². The highest BCUT2D eigenvalue weighted by molar-refractivity contribution is 5.88. The van der Waals surface area contributed by atoms with E-state index in [1.165, 1.54) is 44.9 Å². The van der Waals surface area contributed by atoms with E-state index in [-0.39, 0.29) is 159 Å². The highest BCUT2D eigenvalue weighted by Crippen LogP contribution is 2.15. The number of unbranched alkanes of at least 4 members (excludes halogenated alkanes) is 14. The van der Waals surface area contributed by atoms with Crippen molar-refractivity contribution >= 4 is 53.0 Å². The second-order valence-electron chi connectivity index (χ2n) is 19.0. The maximum Gasteiger partial charge on any atom is 0.326 e. The first-order chi connectivity index (χ1) is 36.7. The standard InChI is InChI=1S/C53H91N7O16/c54-43(35-41-36-55-40-59-41)47(63)37-58-44(46(62)21-17-24-52(69)70)20-15-16-27-56-49(65)38-76-34-32-74-30-28-57-50(66)39-75-33-31-73-29-18-19-42(61)25-26-45(53(71)72)60-48(64)22-13-11-9-7-5-3-1-2-4-6-8-10-12-14-23-51(67)68/h36,40,43-45,58H,1-35,37-39,54H2,(H,55,59)(H,56,65)(H,57,66)(H,60,64)(H,67,68)(H,69,70)(H,71,72)/t43-,44+,45-/m0/s1. The predicted molar refractivity (Wildman–Crippen MR) is 281 cm³/mol. The van der Waals surface area contributed by atoms with Crippen LogP contribution in [-0.4, -0.2) is 169 Å². The first-order valence-corrected chi connectivity index (χ1v) is 27.5. The molecule has 23 nitrogen and oxygen atoms in total. The molecule has 1 aromatic heterocycles. The third-order valence-corrected chi connectivity index (χ3v) is 12.3. The number of ketones is 3. The van der Waals surface area contributed by atoms with Crippen molar-refractivity contribution in [3.8, 4) is 0 Å². The topological polar surface area (TPSA) is 354 Å². The molecule has 0 saturated carbocycles. The minimum absolute atomic E-state index is 0.0173. The summed E-state index contributed by atoms with van der Waals surface area (Å²) in [6.07, 6.45) is 21.1. The number of aromatic amines is 1. The van der Waals surface area contributed by atoms with Gasteiger partial charge < -0.3 is 66.3 Å². The predicted octanol–water partition coefficient (Wildman–Crippen LogP) is 4.13. The maximum atomic E-state index is 12.8. The number of hydrogen-bond donors (Lipinski definition) is 9. The Labute approximate surface area is 448 Å². The van der Waals surface area contributed by atoms with E-state index in [0.717, 1.165) is 44.9 Å². The monoisotopic (exact) mass is 1080 g/mol. The van der Waals surface area contributed by atoms with Crippen LogP contribution in [0.4, 0.5) is 0 Å². The molecular weight excluding hydrogens is 991 g/mol. The number of Topliss-reactive ketones (excluding diaryl/α,β-unsaturated/α-hetero) is 3. The molecule has 0 aliphatic heterocycles. The fourth-order valence-corrected chi connectivity index (χ4v) is 7.91. The SMILES string of the molecule is N[C@@H](Cc1cnc[nH]1)C(=O)CN[C@H](CCCCNC(=O)COCCOCCNC(=O)COCCOCCCC(=O)CC[C@H](NC(=O)CCCCCCCCCCCCCCCCC(=O)O)C(=O)O)C(=O)CCCC(=O)O. The third kappa shape index (κ3) is 42.0. The largest absolute Gasteiger partial charge is 0.481 e. The van der Waals surface area contributed by atoms with Gasteiger partial charge in [-0.3, -0.25) is 38.4 Å². The average Bonchev–Trinajstić information content (AvgIpc) is 3.90. The normalized spacial score (nSPS) is 12.4. The van der Waals surface area contributed by atoms with Gasteiger partial charge >= 0.3 is 17.9 Å². The second-order valence-corrected chi connectivity index (χ2v) is 19.0. The summed E-state index contributed by atoms with van der Waals surface area (Å²) in [5, 5.41) is 38.1. The van der Waals surface area contributed by atoms with Crippen molar-refractivity contribution in [2.45, 2.75) is 191 Å². The Kier molecular flexibility index (Phi) is 42.6. The van der Waals surface area contributed by atoms with E-state index in [1.807, 2.05) is 0 Å². The molecule has 0 aliphatic carbocycles. The van der Waals surface area contributed by atoms with Gasteiger partial charge in [-0.25, -0.2) is 9.78 Å². The van der Waals surface area contributed by atoms with Crippen molar-refractivity contribution < 1.29 is 77.4 Å². The molecule has 1 heterocycles. The molecule has 76 heavy (non-hydrogen) atoms. The number of carboxylic acids is 3. The number of carbonyl (C=O) groups excluding carboxylic acids is 6. The molecule has 1 rings (SSSR count). The molecule has 0 saturated heterocycles. The van der Waals surface area contributed by atoms with E-state index in [1.54, 1.807) is 6.20 Å². The van der Waals surface area contributed by atoms with Crippen molar-refractivity contribution in [2.75, 3.05) is 72.5 Å². The van der Waals surface area contributed by atoms with Crippen molar-refractivity contribution in [3.63, 3.8) is 0 Å². The minimum Gasteiger partial charge on any atom is -0.481 e. The fraction of sp³-hybridized carbons (Fsp3) is 0.774. The number of rotatable bonds is 55. The number of nitrogens with one attached hydrogen (secondary N) is 5.